The Morgan fingerprint density at radius 3 is 2.96 bits per heavy atom. The molecule has 1 aliphatic rings. The van der Waals surface area contributed by atoms with E-state index >= 15 is 0 Å². The lowest BCUT2D eigenvalue weighted by Crippen LogP contribution is -2.33. The summed E-state index contributed by atoms with van der Waals surface area (Å²) >= 11 is 6.02. The standard InChI is InChI=1S/C16H15ClN6O/c1-10-19-20-15-6-5-14(21-23(10)15)18-13-7-8-22(16(13)24)12-4-2-3-11(17)9-12/h2-6,9,13H,7-8H2,1H3,(H,18,21). The molecule has 3 aromatic rings. The predicted octanol–water partition coefficient (Wildman–Crippen LogP) is 2.30. The molecule has 1 aromatic carbocycles. The Balaban J connectivity index is 1.54. The quantitative estimate of drug-likeness (QED) is 0.790. The van der Waals surface area contributed by atoms with Gasteiger partial charge in [-0.25, -0.2) is 0 Å². The first-order valence-corrected chi connectivity index (χ1v) is 8.02. The van der Waals surface area contributed by atoms with Crippen molar-refractivity contribution in [1.82, 2.24) is 19.8 Å². The van der Waals surface area contributed by atoms with Gasteiger partial charge in [-0.15, -0.1) is 15.3 Å². The highest BCUT2D eigenvalue weighted by Gasteiger charge is 2.32. The molecule has 8 heteroatoms. The third-order valence-electron chi connectivity index (χ3n) is 4.07. The number of hydrogen-bond donors (Lipinski definition) is 1. The van der Waals surface area contributed by atoms with Crippen LogP contribution in [-0.4, -0.2) is 38.3 Å². The fourth-order valence-electron chi connectivity index (χ4n) is 2.87. The molecule has 1 fully saturated rings. The van der Waals surface area contributed by atoms with Crippen LogP contribution in [0.1, 0.15) is 12.2 Å². The van der Waals surface area contributed by atoms with Crippen molar-refractivity contribution in [2.75, 3.05) is 16.8 Å². The normalized spacial score (nSPS) is 17.7. The zero-order chi connectivity index (χ0) is 16.7. The first-order chi connectivity index (χ1) is 11.6. The summed E-state index contributed by atoms with van der Waals surface area (Å²) in [5, 5.41) is 16.2. The number of fused-ring (bicyclic) bond motifs is 1. The highest BCUT2D eigenvalue weighted by atomic mass is 35.5. The van der Waals surface area contributed by atoms with E-state index in [1.807, 2.05) is 25.1 Å². The average molecular weight is 343 g/mol. The van der Waals surface area contributed by atoms with Gasteiger partial charge in [-0.1, -0.05) is 17.7 Å². The zero-order valence-electron chi connectivity index (χ0n) is 13.0. The summed E-state index contributed by atoms with van der Waals surface area (Å²) in [4.78, 5) is 14.4. The molecule has 1 aliphatic heterocycles. The minimum atomic E-state index is -0.314. The van der Waals surface area contributed by atoms with Crippen molar-refractivity contribution in [3.05, 3.63) is 47.2 Å². The minimum absolute atomic E-state index is 0.0136. The molecular weight excluding hydrogens is 328 g/mol. The molecule has 4 rings (SSSR count). The van der Waals surface area contributed by atoms with E-state index in [-0.39, 0.29) is 11.9 Å². The van der Waals surface area contributed by atoms with E-state index in [2.05, 4.69) is 20.6 Å². The van der Waals surface area contributed by atoms with Gasteiger partial charge in [0, 0.05) is 17.3 Å². The lowest BCUT2D eigenvalue weighted by atomic mass is 10.2. The summed E-state index contributed by atoms with van der Waals surface area (Å²) in [5.74, 6) is 1.34. The molecule has 7 nitrogen and oxygen atoms in total. The predicted molar refractivity (Wildman–Crippen MR) is 91.4 cm³/mol. The number of carbonyl (C=O) groups is 1. The summed E-state index contributed by atoms with van der Waals surface area (Å²) in [6.45, 7) is 2.48. The highest BCUT2D eigenvalue weighted by Crippen LogP contribution is 2.25. The lowest BCUT2D eigenvalue weighted by molar-refractivity contribution is -0.117. The topological polar surface area (TPSA) is 75.4 Å². The second-order valence-electron chi connectivity index (χ2n) is 5.69. The molecule has 0 aliphatic carbocycles. The lowest BCUT2D eigenvalue weighted by Gasteiger charge is -2.17. The second-order valence-corrected chi connectivity index (χ2v) is 6.13. The SMILES string of the molecule is Cc1nnc2ccc(NC3CCN(c4cccc(Cl)c4)C3=O)nn12. The van der Waals surface area contributed by atoms with E-state index in [0.717, 1.165) is 5.69 Å². The molecule has 0 saturated carbocycles. The summed E-state index contributed by atoms with van der Waals surface area (Å²) in [5.41, 5.74) is 1.49. The number of aromatic nitrogens is 4. The van der Waals surface area contributed by atoms with Crippen molar-refractivity contribution in [1.29, 1.82) is 0 Å². The smallest absolute Gasteiger partial charge is 0.249 e. The fraction of sp³-hybridized carbons (Fsp3) is 0.250. The van der Waals surface area contributed by atoms with Crippen LogP contribution in [0, 0.1) is 6.92 Å². The maximum absolute atomic E-state index is 12.7. The van der Waals surface area contributed by atoms with Gasteiger partial charge >= 0.3 is 0 Å². The van der Waals surface area contributed by atoms with Gasteiger partial charge in [0.1, 0.15) is 11.9 Å². The van der Waals surface area contributed by atoms with Crippen LogP contribution in [0.25, 0.3) is 5.65 Å². The zero-order valence-corrected chi connectivity index (χ0v) is 13.7. The van der Waals surface area contributed by atoms with Crippen LogP contribution >= 0.6 is 11.6 Å². The second kappa shape index (κ2) is 5.76. The molecular formula is C16H15ClN6O. The molecule has 2 aromatic heterocycles. The number of nitrogens with zero attached hydrogens (tertiary/aromatic N) is 5. The molecule has 3 heterocycles. The molecule has 0 radical (unpaired) electrons. The molecule has 1 N–H and O–H groups in total. The fourth-order valence-corrected chi connectivity index (χ4v) is 3.05. The highest BCUT2D eigenvalue weighted by molar-refractivity contribution is 6.31. The number of halogens is 1. The maximum Gasteiger partial charge on any atom is 0.249 e. The van der Waals surface area contributed by atoms with Gasteiger partial charge in [-0.05, 0) is 43.7 Å². The Bertz CT molecular complexity index is 924. The number of hydrogen-bond acceptors (Lipinski definition) is 5. The van der Waals surface area contributed by atoms with Gasteiger partial charge in [0.2, 0.25) is 5.91 Å². The van der Waals surface area contributed by atoms with E-state index in [9.17, 15) is 4.79 Å². The molecule has 0 bridgehead atoms. The Labute approximate surface area is 143 Å². The third kappa shape index (κ3) is 2.56. The van der Waals surface area contributed by atoms with E-state index in [1.54, 1.807) is 27.6 Å². The molecule has 1 saturated heterocycles. The largest absolute Gasteiger partial charge is 0.357 e. The van der Waals surface area contributed by atoms with E-state index < -0.39 is 0 Å². The van der Waals surface area contributed by atoms with Crippen molar-refractivity contribution in [2.45, 2.75) is 19.4 Å². The number of rotatable bonds is 3. The first kappa shape index (κ1) is 14.9. The summed E-state index contributed by atoms with van der Waals surface area (Å²) < 4.78 is 1.65. The van der Waals surface area contributed by atoms with Crippen LogP contribution in [0.3, 0.4) is 0 Å². The Hall–Kier alpha value is -2.67. The van der Waals surface area contributed by atoms with Gasteiger partial charge in [-0.3, -0.25) is 4.79 Å². The molecule has 24 heavy (non-hydrogen) atoms. The summed E-state index contributed by atoms with van der Waals surface area (Å²) in [6.07, 6.45) is 0.701. The van der Waals surface area contributed by atoms with Crippen molar-refractivity contribution in [3.63, 3.8) is 0 Å². The van der Waals surface area contributed by atoms with Gasteiger partial charge in [-0.2, -0.15) is 4.52 Å². The molecule has 122 valence electrons. The van der Waals surface area contributed by atoms with Crippen molar-refractivity contribution in [3.8, 4) is 0 Å². The maximum atomic E-state index is 12.7. The average Bonchev–Trinajstić information content (AvgIpc) is 3.12. The van der Waals surface area contributed by atoms with Gasteiger partial charge in [0.25, 0.3) is 0 Å². The van der Waals surface area contributed by atoms with Gasteiger partial charge in [0.05, 0.1) is 0 Å². The van der Waals surface area contributed by atoms with Gasteiger partial charge in [0.15, 0.2) is 11.5 Å². The first-order valence-electron chi connectivity index (χ1n) is 7.64. The Kier molecular flexibility index (Phi) is 3.57. The van der Waals surface area contributed by atoms with Crippen molar-refractivity contribution < 1.29 is 4.79 Å². The summed E-state index contributed by atoms with van der Waals surface area (Å²) in [6, 6.07) is 10.6. The number of nitrogens with one attached hydrogen (secondary N) is 1. The van der Waals surface area contributed by atoms with Crippen molar-refractivity contribution >= 4 is 34.7 Å². The van der Waals surface area contributed by atoms with Crippen LogP contribution in [0.4, 0.5) is 11.5 Å². The summed E-state index contributed by atoms with van der Waals surface area (Å²) in [7, 11) is 0. The number of amides is 1. The van der Waals surface area contributed by atoms with Gasteiger partial charge < -0.3 is 10.2 Å². The van der Waals surface area contributed by atoms with Crippen molar-refractivity contribution in [2.24, 2.45) is 0 Å². The van der Waals surface area contributed by atoms with Crippen LogP contribution in [-0.2, 0) is 4.79 Å². The van der Waals surface area contributed by atoms with Crippen LogP contribution in [0.2, 0.25) is 5.02 Å². The molecule has 1 atom stereocenters. The number of aryl methyl sites for hydroxylation is 1. The van der Waals surface area contributed by atoms with Crippen LogP contribution in [0.15, 0.2) is 36.4 Å². The third-order valence-corrected chi connectivity index (χ3v) is 4.30. The monoisotopic (exact) mass is 342 g/mol. The van der Waals surface area contributed by atoms with E-state index in [0.29, 0.717) is 35.3 Å². The molecule has 1 amide bonds. The van der Waals surface area contributed by atoms with E-state index in [4.69, 9.17) is 11.6 Å². The Morgan fingerprint density at radius 1 is 1.25 bits per heavy atom. The Morgan fingerprint density at radius 2 is 2.12 bits per heavy atom. The number of carbonyl (C=O) groups excluding carboxylic acids is 1. The molecule has 1 unspecified atom stereocenters. The minimum Gasteiger partial charge on any atom is -0.357 e. The van der Waals surface area contributed by atoms with Crippen LogP contribution in [0.5, 0.6) is 0 Å². The van der Waals surface area contributed by atoms with Crippen LogP contribution < -0.4 is 10.2 Å². The number of benzene rings is 1. The van der Waals surface area contributed by atoms with E-state index in [1.165, 1.54) is 0 Å². The molecule has 0 spiro atoms. The number of anilines is 2.